The molecule has 0 saturated carbocycles. The molecule has 19 heavy (non-hydrogen) atoms. The number of hydrogen-bond donors (Lipinski definition) is 1. The largest absolute Gasteiger partial charge is 0.376 e. The summed E-state index contributed by atoms with van der Waals surface area (Å²) < 4.78 is 15.7. The molecule has 1 heterocycles. The summed E-state index contributed by atoms with van der Waals surface area (Å²) in [6.07, 6.45) is 2.84. The van der Waals surface area contributed by atoms with E-state index in [-0.39, 0.29) is 11.9 Å². The highest BCUT2D eigenvalue weighted by molar-refractivity contribution is 9.10. The van der Waals surface area contributed by atoms with Gasteiger partial charge in [0.25, 0.3) is 0 Å². The summed E-state index contributed by atoms with van der Waals surface area (Å²) >= 11 is 3.40. The average Bonchev–Trinajstić information content (AvgIpc) is 2.69. The van der Waals surface area contributed by atoms with Crippen LogP contribution in [0.5, 0.6) is 0 Å². The molecule has 0 aliphatic rings. The molecule has 0 aliphatic carbocycles. The van der Waals surface area contributed by atoms with E-state index in [1.807, 2.05) is 20.2 Å². The molecule has 1 atom stereocenters. The van der Waals surface area contributed by atoms with Crippen LogP contribution in [0, 0.1) is 5.82 Å². The first-order valence-electron chi connectivity index (χ1n) is 6.25. The van der Waals surface area contributed by atoms with E-state index < -0.39 is 0 Å². The lowest BCUT2D eigenvalue weighted by molar-refractivity contribution is 0.625. The van der Waals surface area contributed by atoms with Crippen LogP contribution in [0.15, 0.2) is 28.9 Å². The minimum Gasteiger partial charge on any atom is -0.376 e. The van der Waals surface area contributed by atoms with Gasteiger partial charge in [-0.3, -0.25) is 4.68 Å². The Balaban J connectivity index is 2.22. The van der Waals surface area contributed by atoms with Crippen molar-refractivity contribution in [1.82, 2.24) is 9.78 Å². The van der Waals surface area contributed by atoms with Crippen LogP contribution in [-0.2, 0) is 13.5 Å². The Morgan fingerprint density at radius 3 is 2.84 bits per heavy atom. The molecule has 5 heteroatoms. The maximum Gasteiger partial charge on any atom is 0.124 e. The second kappa shape index (κ2) is 5.74. The zero-order valence-corrected chi connectivity index (χ0v) is 12.8. The van der Waals surface area contributed by atoms with Crippen molar-refractivity contribution >= 4 is 21.6 Å². The van der Waals surface area contributed by atoms with E-state index in [0.717, 1.165) is 27.8 Å². The Hall–Kier alpha value is -1.36. The molecular formula is C14H17BrFN3. The number of anilines is 1. The van der Waals surface area contributed by atoms with Crippen molar-refractivity contribution in [3.05, 3.63) is 45.9 Å². The van der Waals surface area contributed by atoms with Crippen molar-refractivity contribution in [2.45, 2.75) is 26.3 Å². The molecule has 0 bridgehead atoms. The minimum absolute atomic E-state index is 0.0736. The van der Waals surface area contributed by atoms with Crippen molar-refractivity contribution in [1.29, 1.82) is 0 Å². The fraction of sp³-hybridized carbons (Fsp3) is 0.357. The molecule has 1 aromatic carbocycles. The Morgan fingerprint density at radius 1 is 1.47 bits per heavy atom. The first-order chi connectivity index (χ1) is 9.01. The molecule has 0 spiro atoms. The maximum absolute atomic E-state index is 13.1. The Labute approximate surface area is 121 Å². The lowest BCUT2D eigenvalue weighted by Crippen LogP contribution is -2.08. The van der Waals surface area contributed by atoms with Gasteiger partial charge in [-0.15, -0.1) is 0 Å². The molecule has 102 valence electrons. The number of aryl methyl sites for hydroxylation is 2. The van der Waals surface area contributed by atoms with Crippen molar-refractivity contribution in [3.63, 3.8) is 0 Å². The molecule has 1 aromatic heterocycles. The lowest BCUT2D eigenvalue weighted by atomic mass is 10.1. The third-order valence-electron chi connectivity index (χ3n) is 3.04. The number of nitrogens with one attached hydrogen (secondary N) is 1. The molecule has 1 unspecified atom stereocenters. The molecular weight excluding hydrogens is 309 g/mol. The predicted molar refractivity (Wildman–Crippen MR) is 78.7 cm³/mol. The minimum atomic E-state index is -0.238. The Kier molecular flexibility index (Phi) is 4.24. The topological polar surface area (TPSA) is 29.9 Å². The first-order valence-corrected chi connectivity index (χ1v) is 7.04. The highest BCUT2D eigenvalue weighted by Gasteiger charge is 2.13. The SMILES string of the molecule is CCc1nn(C)cc1NC(C)c1ccc(F)cc1Br. The lowest BCUT2D eigenvalue weighted by Gasteiger charge is -2.16. The number of benzene rings is 1. The van der Waals surface area contributed by atoms with E-state index in [9.17, 15) is 4.39 Å². The number of aromatic nitrogens is 2. The molecule has 0 radical (unpaired) electrons. The molecule has 0 fully saturated rings. The molecule has 0 amide bonds. The normalized spacial score (nSPS) is 12.5. The van der Waals surface area contributed by atoms with Crippen LogP contribution in [0.25, 0.3) is 0 Å². The van der Waals surface area contributed by atoms with E-state index in [1.165, 1.54) is 12.1 Å². The number of nitrogens with zero attached hydrogens (tertiary/aromatic N) is 2. The summed E-state index contributed by atoms with van der Waals surface area (Å²) in [6.45, 7) is 4.12. The second-order valence-corrected chi connectivity index (χ2v) is 5.40. The van der Waals surface area contributed by atoms with Gasteiger partial charge in [0.05, 0.1) is 11.4 Å². The molecule has 1 N–H and O–H groups in total. The van der Waals surface area contributed by atoms with Gasteiger partial charge in [0, 0.05) is 23.8 Å². The van der Waals surface area contributed by atoms with Crippen LogP contribution in [0.3, 0.4) is 0 Å². The van der Waals surface area contributed by atoms with Gasteiger partial charge in [0.1, 0.15) is 5.82 Å². The van der Waals surface area contributed by atoms with Crippen molar-refractivity contribution < 1.29 is 4.39 Å². The van der Waals surface area contributed by atoms with E-state index in [1.54, 1.807) is 10.7 Å². The summed E-state index contributed by atoms with van der Waals surface area (Å²) in [5.74, 6) is -0.238. The van der Waals surface area contributed by atoms with Crippen LogP contribution in [0.4, 0.5) is 10.1 Å². The fourth-order valence-electron chi connectivity index (χ4n) is 2.08. The molecule has 0 saturated heterocycles. The van der Waals surface area contributed by atoms with Crippen LogP contribution < -0.4 is 5.32 Å². The summed E-state index contributed by atoms with van der Waals surface area (Å²) in [7, 11) is 1.91. The monoisotopic (exact) mass is 325 g/mol. The summed E-state index contributed by atoms with van der Waals surface area (Å²) in [6, 6.07) is 4.82. The van der Waals surface area contributed by atoms with Gasteiger partial charge in [-0.05, 0) is 31.0 Å². The average molecular weight is 326 g/mol. The standard InChI is InChI=1S/C14H17BrFN3/c1-4-13-14(8-19(3)18-13)17-9(2)11-6-5-10(16)7-12(11)15/h5-9,17H,4H2,1-3H3. The number of halogens is 2. The second-order valence-electron chi connectivity index (χ2n) is 4.55. The van der Waals surface area contributed by atoms with Gasteiger partial charge >= 0.3 is 0 Å². The van der Waals surface area contributed by atoms with Crippen LogP contribution in [-0.4, -0.2) is 9.78 Å². The first kappa shape index (κ1) is 14.1. The van der Waals surface area contributed by atoms with Crippen LogP contribution in [0.1, 0.15) is 31.1 Å². The summed E-state index contributed by atoms with van der Waals surface area (Å²) in [5, 5.41) is 7.82. The smallest absolute Gasteiger partial charge is 0.124 e. The van der Waals surface area contributed by atoms with Gasteiger partial charge in [0.2, 0.25) is 0 Å². The van der Waals surface area contributed by atoms with Crippen LogP contribution in [0.2, 0.25) is 0 Å². The molecule has 2 rings (SSSR count). The van der Waals surface area contributed by atoms with E-state index in [2.05, 4.69) is 33.3 Å². The Bertz CT molecular complexity index is 580. The highest BCUT2D eigenvalue weighted by Crippen LogP contribution is 2.28. The van der Waals surface area contributed by atoms with Gasteiger partial charge in [-0.2, -0.15) is 5.10 Å². The quantitative estimate of drug-likeness (QED) is 0.918. The maximum atomic E-state index is 13.1. The van der Waals surface area contributed by atoms with Gasteiger partial charge in [-0.25, -0.2) is 4.39 Å². The zero-order chi connectivity index (χ0) is 14.0. The Morgan fingerprint density at radius 2 is 2.21 bits per heavy atom. The molecule has 2 aromatic rings. The van der Waals surface area contributed by atoms with Gasteiger partial charge in [0.15, 0.2) is 0 Å². The van der Waals surface area contributed by atoms with E-state index >= 15 is 0 Å². The van der Waals surface area contributed by atoms with E-state index in [4.69, 9.17) is 0 Å². The molecule has 3 nitrogen and oxygen atoms in total. The van der Waals surface area contributed by atoms with Crippen LogP contribution >= 0.6 is 15.9 Å². The van der Waals surface area contributed by atoms with Crippen molar-refractivity contribution in [2.75, 3.05) is 5.32 Å². The number of rotatable bonds is 4. The fourth-order valence-corrected chi connectivity index (χ4v) is 2.77. The van der Waals surface area contributed by atoms with Gasteiger partial charge in [-0.1, -0.05) is 28.9 Å². The van der Waals surface area contributed by atoms with Gasteiger partial charge < -0.3 is 5.32 Å². The highest BCUT2D eigenvalue weighted by atomic mass is 79.9. The van der Waals surface area contributed by atoms with Crippen molar-refractivity contribution in [3.8, 4) is 0 Å². The van der Waals surface area contributed by atoms with Crippen molar-refractivity contribution in [2.24, 2.45) is 7.05 Å². The third kappa shape index (κ3) is 3.15. The third-order valence-corrected chi connectivity index (χ3v) is 3.73. The van der Waals surface area contributed by atoms with E-state index in [0.29, 0.717) is 0 Å². The summed E-state index contributed by atoms with van der Waals surface area (Å²) in [5.41, 5.74) is 3.08. The predicted octanol–water partition coefficient (Wildman–Crippen LogP) is 4.06. The molecule has 0 aliphatic heterocycles. The number of hydrogen-bond acceptors (Lipinski definition) is 2. The zero-order valence-electron chi connectivity index (χ0n) is 11.2. The summed E-state index contributed by atoms with van der Waals surface area (Å²) in [4.78, 5) is 0.